The van der Waals surface area contributed by atoms with Gasteiger partial charge in [-0.15, -0.1) is 0 Å². The molecule has 1 aliphatic rings. The third-order valence-electron chi connectivity index (χ3n) is 6.34. The van der Waals surface area contributed by atoms with Crippen LogP contribution >= 0.6 is 0 Å². The quantitative estimate of drug-likeness (QED) is 0.460. The van der Waals surface area contributed by atoms with E-state index in [1.54, 1.807) is 0 Å². The van der Waals surface area contributed by atoms with Crippen LogP contribution in [-0.2, 0) is 5.41 Å². The summed E-state index contributed by atoms with van der Waals surface area (Å²) in [7, 11) is 0. The van der Waals surface area contributed by atoms with Gasteiger partial charge >= 0.3 is 0 Å². The van der Waals surface area contributed by atoms with Gasteiger partial charge < -0.3 is 0 Å². The fourth-order valence-corrected chi connectivity index (χ4v) is 4.44. The molecule has 2 rings (SSSR count). The van der Waals surface area contributed by atoms with Gasteiger partial charge in [-0.3, -0.25) is 0 Å². The molecule has 28 heavy (non-hydrogen) atoms. The fourth-order valence-electron chi connectivity index (χ4n) is 4.44. The highest BCUT2D eigenvalue weighted by atomic mass is 14.5. The highest BCUT2D eigenvalue weighted by Gasteiger charge is 2.49. The first-order valence-corrected chi connectivity index (χ1v) is 10.7. The average Bonchev–Trinajstić information content (AvgIpc) is 2.51. The first-order valence-electron chi connectivity index (χ1n) is 10.7. The number of allylic oxidation sites excluding steroid dienone is 4. The van der Waals surface area contributed by atoms with Crippen LogP contribution in [0.4, 0.5) is 0 Å². The lowest BCUT2D eigenvalue weighted by Gasteiger charge is -2.53. The van der Waals surface area contributed by atoms with E-state index in [-0.39, 0.29) is 27.1 Å². The summed E-state index contributed by atoms with van der Waals surface area (Å²) in [5.41, 5.74) is 5.56. The van der Waals surface area contributed by atoms with Crippen molar-refractivity contribution in [3.63, 3.8) is 0 Å². The maximum Gasteiger partial charge on any atom is 0.0167 e. The Morgan fingerprint density at radius 2 is 1.21 bits per heavy atom. The molecule has 0 unspecified atom stereocenters. The second-order valence-electron chi connectivity index (χ2n) is 12.7. The molecule has 0 saturated carbocycles. The predicted molar refractivity (Wildman–Crippen MR) is 125 cm³/mol. The van der Waals surface area contributed by atoms with Gasteiger partial charge in [-0.05, 0) is 44.4 Å². The molecule has 0 nitrogen and oxygen atoms in total. The van der Waals surface area contributed by atoms with Crippen LogP contribution in [0.25, 0.3) is 5.57 Å². The Kier molecular flexibility index (Phi) is 5.66. The van der Waals surface area contributed by atoms with Gasteiger partial charge in [-0.2, -0.15) is 0 Å². The van der Waals surface area contributed by atoms with Crippen LogP contribution in [0, 0.1) is 34.1 Å². The molecule has 0 heteroatoms. The Morgan fingerprint density at radius 1 is 0.679 bits per heavy atom. The largest absolute Gasteiger partial charge is 0.0731 e. The second kappa shape index (κ2) is 6.89. The molecule has 0 atom stereocenters. The van der Waals surface area contributed by atoms with E-state index in [4.69, 9.17) is 0 Å². The van der Waals surface area contributed by atoms with Crippen molar-refractivity contribution in [2.45, 2.75) is 88.5 Å². The maximum absolute atomic E-state index is 3.74. The summed E-state index contributed by atoms with van der Waals surface area (Å²) in [4.78, 5) is 0. The molecule has 0 aromatic heterocycles. The SMILES string of the molecule is CC(C)(C)C1=CC(C(C)(C)C)(C(C)(C)C)C=C(c2[c]c(C(C)(C)C)ccc2)[CH]1. The van der Waals surface area contributed by atoms with Crippen molar-refractivity contribution < 1.29 is 0 Å². The molecule has 0 amide bonds. The van der Waals surface area contributed by atoms with Gasteiger partial charge in [0.25, 0.3) is 0 Å². The summed E-state index contributed by atoms with van der Waals surface area (Å²) in [5.74, 6) is 0. The topological polar surface area (TPSA) is 0 Å². The number of benzene rings is 1. The van der Waals surface area contributed by atoms with Crippen molar-refractivity contribution in [3.8, 4) is 0 Å². The Balaban J connectivity index is 2.77. The Morgan fingerprint density at radius 3 is 1.64 bits per heavy atom. The normalized spacial score (nSPS) is 18.6. The van der Waals surface area contributed by atoms with Crippen LogP contribution < -0.4 is 0 Å². The van der Waals surface area contributed by atoms with Crippen molar-refractivity contribution in [1.29, 1.82) is 0 Å². The minimum atomic E-state index is -0.0434. The van der Waals surface area contributed by atoms with Crippen LogP contribution in [0.5, 0.6) is 0 Å². The maximum atomic E-state index is 3.74. The second-order valence-corrected chi connectivity index (χ2v) is 12.7. The molecular formula is C28H42. The lowest BCUT2D eigenvalue weighted by molar-refractivity contribution is 0.0648. The molecule has 0 bridgehead atoms. The van der Waals surface area contributed by atoms with Gasteiger partial charge in [0.1, 0.15) is 0 Å². The minimum absolute atomic E-state index is 0.0434. The van der Waals surface area contributed by atoms with Crippen molar-refractivity contribution in [2.24, 2.45) is 21.7 Å². The van der Waals surface area contributed by atoms with Crippen molar-refractivity contribution in [1.82, 2.24) is 0 Å². The third kappa shape index (κ3) is 4.32. The monoisotopic (exact) mass is 378 g/mol. The summed E-state index contributed by atoms with van der Waals surface area (Å²) in [5, 5.41) is 0. The summed E-state index contributed by atoms with van der Waals surface area (Å²) in [6.07, 6.45) is 7.48. The molecule has 0 spiro atoms. The van der Waals surface area contributed by atoms with E-state index < -0.39 is 0 Å². The number of hydrogen-bond donors (Lipinski definition) is 0. The van der Waals surface area contributed by atoms with Gasteiger partial charge in [-0.1, -0.05) is 119 Å². The molecule has 0 N–H and O–H groups in total. The Bertz CT molecular complexity index is 757. The molecule has 0 aliphatic heterocycles. The smallest absolute Gasteiger partial charge is 0.0167 e. The van der Waals surface area contributed by atoms with Crippen molar-refractivity contribution in [2.75, 3.05) is 0 Å². The zero-order valence-electron chi connectivity index (χ0n) is 20.5. The van der Waals surface area contributed by atoms with Gasteiger partial charge in [0.2, 0.25) is 0 Å². The summed E-state index contributed by atoms with van der Waals surface area (Å²) < 4.78 is 0. The zero-order valence-corrected chi connectivity index (χ0v) is 20.5. The first kappa shape index (κ1) is 23.0. The standard InChI is InChI=1S/C28H42/c1-24(2,3)22-15-13-14-20(16-22)21-17-23(25(4,5)6)19-28(18-21,26(7,8)9)27(10,11)12/h13-15,17-19H,1-12H3. The zero-order chi connectivity index (χ0) is 21.8. The van der Waals surface area contributed by atoms with Gasteiger partial charge in [0.15, 0.2) is 0 Å². The average molecular weight is 379 g/mol. The van der Waals surface area contributed by atoms with Crippen molar-refractivity contribution >= 4 is 5.57 Å². The lowest BCUT2D eigenvalue weighted by Crippen LogP contribution is -2.45. The summed E-state index contributed by atoms with van der Waals surface area (Å²) in [6.45, 7) is 28.0. The number of rotatable bonds is 1. The van der Waals surface area contributed by atoms with Gasteiger partial charge in [-0.25, -0.2) is 0 Å². The molecule has 0 heterocycles. The van der Waals surface area contributed by atoms with Crippen LogP contribution in [0.1, 0.15) is 94.2 Å². The van der Waals surface area contributed by atoms with Crippen LogP contribution in [0.3, 0.4) is 0 Å². The van der Waals surface area contributed by atoms with Crippen molar-refractivity contribution in [3.05, 3.63) is 59.5 Å². The van der Waals surface area contributed by atoms with Gasteiger partial charge in [0.05, 0.1) is 0 Å². The van der Waals surface area contributed by atoms with E-state index in [1.807, 2.05) is 0 Å². The molecule has 1 aliphatic carbocycles. The highest BCUT2D eigenvalue weighted by molar-refractivity contribution is 5.78. The van der Waals surface area contributed by atoms with Crippen LogP contribution in [0.2, 0.25) is 0 Å². The molecule has 0 fully saturated rings. The summed E-state index contributed by atoms with van der Waals surface area (Å²) >= 11 is 0. The van der Waals surface area contributed by atoms with Gasteiger partial charge in [0, 0.05) is 11.8 Å². The van der Waals surface area contributed by atoms with E-state index in [0.717, 1.165) is 0 Å². The predicted octanol–water partition coefficient (Wildman–Crippen LogP) is 8.44. The molecule has 1 aromatic rings. The van der Waals surface area contributed by atoms with Crippen LogP contribution in [0.15, 0.2) is 35.9 Å². The Labute approximate surface area is 175 Å². The van der Waals surface area contributed by atoms with Crippen LogP contribution in [-0.4, -0.2) is 0 Å². The number of hydrogen-bond acceptors (Lipinski definition) is 0. The van der Waals surface area contributed by atoms with E-state index >= 15 is 0 Å². The fraction of sp³-hybridized carbons (Fsp3) is 0.607. The van der Waals surface area contributed by atoms with E-state index in [1.165, 1.54) is 22.3 Å². The van der Waals surface area contributed by atoms with E-state index in [9.17, 15) is 0 Å². The summed E-state index contributed by atoms with van der Waals surface area (Å²) in [6, 6.07) is 10.4. The molecule has 2 radical (unpaired) electrons. The minimum Gasteiger partial charge on any atom is -0.0731 e. The first-order chi connectivity index (χ1) is 12.4. The molecule has 1 aromatic carbocycles. The Hall–Kier alpha value is -1.30. The van der Waals surface area contributed by atoms with E-state index in [0.29, 0.717) is 0 Å². The van der Waals surface area contributed by atoms with E-state index in [2.05, 4.69) is 126 Å². The molecular weight excluding hydrogens is 336 g/mol. The lowest BCUT2D eigenvalue weighted by atomic mass is 9.50. The molecule has 154 valence electrons. The molecule has 0 saturated heterocycles. The third-order valence-corrected chi connectivity index (χ3v) is 6.34. The highest BCUT2D eigenvalue weighted by Crippen LogP contribution is 2.58.